The molecule has 8 heteroatoms. The van der Waals surface area contributed by atoms with E-state index in [2.05, 4.69) is 10.0 Å². The Morgan fingerprint density at radius 3 is 2.33 bits per heavy atom. The van der Waals surface area contributed by atoms with Gasteiger partial charge in [-0.2, -0.15) is 0 Å². The molecule has 0 heterocycles. The monoisotopic (exact) mass is 315 g/mol. The molecule has 118 valence electrons. The number of methoxy groups -OCH3 is 1. The summed E-state index contributed by atoms with van der Waals surface area (Å²) < 4.78 is 30.3. The molecule has 0 saturated carbocycles. The third-order valence-corrected chi connectivity index (χ3v) is 4.14. The van der Waals surface area contributed by atoms with Crippen LogP contribution < -0.4 is 15.8 Å². The first kappa shape index (κ1) is 17.4. The normalized spacial score (nSPS) is 12.7. The van der Waals surface area contributed by atoms with Gasteiger partial charge in [0, 0.05) is 25.0 Å². The van der Waals surface area contributed by atoms with E-state index in [0.29, 0.717) is 11.4 Å². The van der Waals surface area contributed by atoms with Crippen LogP contribution in [-0.2, 0) is 19.6 Å². The topological polar surface area (TPSA) is 111 Å². The zero-order valence-electron chi connectivity index (χ0n) is 12.1. The Morgan fingerprint density at radius 2 is 1.86 bits per heavy atom. The molecule has 0 fully saturated rings. The predicted octanol–water partition coefficient (Wildman–Crippen LogP) is 0.750. The highest BCUT2D eigenvalue weighted by Gasteiger charge is 2.12. The lowest BCUT2D eigenvalue weighted by Crippen LogP contribution is -2.28. The summed E-state index contributed by atoms with van der Waals surface area (Å²) in [5, 5.41) is 2.69. The quantitative estimate of drug-likeness (QED) is 0.655. The maximum absolute atomic E-state index is 11.7. The van der Waals surface area contributed by atoms with Crippen molar-refractivity contribution in [1.82, 2.24) is 0 Å². The molecule has 1 rings (SSSR count). The van der Waals surface area contributed by atoms with Gasteiger partial charge in [0.05, 0.1) is 18.3 Å². The highest BCUT2D eigenvalue weighted by Crippen LogP contribution is 2.15. The molecule has 7 nitrogen and oxygen atoms in total. The highest BCUT2D eigenvalue weighted by atomic mass is 32.2. The summed E-state index contributed by atoms with van der Waals surface area (Å²) in [6.07, 6.45) is -0.155. The molecule has 0 aliphatic carbocycles. The molecule has 1 amide bonds. The van der Waals surface area contributed by atoms with Gasteiger partial charge < -0.3 is 15.8 Å². The van der Waals surface area contributed by atoms with Gasteiger partial charge >= 0.3 is 0 Å². The first-order chi connectivity index (χ1) is 9.90. The maximum Gasteiger partial charge on any atom is 0.232 e. The first-order valence-corrected chi connectivity index (χ1v) is 8.18. The molecule has 0 aromatic heterocycles. The van der Waals surface area contributed by atoms with Gasteiger partial charge in [-0.1, -0.05) is 0 Å². The Kier molecular flexibility index (Phi) is 6.60. The fourth-order valence-electron chi connectivity index (χ4n) is 1.56. The molecular weight excluding hydrogens is 294 g/mol. The van der Waals surface area contributed by atoms with Gasteiger partial charge in [0.25, 0.3) is 0 Å². The fourth-order valence-corrected chi connectivity index (χ4v) is 2.19. The zero-order valence-corrected chi connectivity index (χ0v) is 12.9. The highest BCUT2D eigenvalue weighted by molar-refractivity contribution is 7.92. The summed E-state index contributed by atoms with van der Waals surface area (Å²) in [6.45, 7) is 1.82. The van der Waals surface area contributed by atoms with Gasteiger partial charge in [-0.05, 0) is 31.2 Å². The SMILES string of the molecule is CCS(=O)(=O)Nc1ccc(NC(=O)CC(CN)OC)cc1. The van der Waals surface area contributed by atoms with Crippen LogP contribution in [0.3, 0.4) is 0 Å². The van der Waals surface area contributed by atoms with Crippen LogP contribution in [-0.4, -0.2) is 39.8 Å². The molecule has 0 saturated heterocycles. The van der Waals surface area contributed by atoms with Crippen molar-refractivity contribution in [1.29, 1.82) is 0 Å². The summed E-state index contributed by atoms with van der Waals surface area (Å²) in [4.78, 5) is 11.7. The van der Waals surface area contributed by atoms with Crippen molar-refractivity contribution in [2.24, 2.45) is 5.73 Å². The van der Waals surface area contributed by atoms with Crippen molar-refractivity contribution in [3.05, 3.63) is 24.3 Å². The van der Waals surface area contributed by atoms with Crippen molar-refractivity contribution >= 4 is 27.3 Å². The average molecular weight is 315 g/mol. The number of carbonyl (C=O) groups is 1. The van der Waals surface area contributed by atoms with Gasteiger partial charge in [-0.3, -0.25) is 9.52 Å². The second kappa shape index (κ2) is 7.96. The number of hydrogen-bond donors (Lipinski definition) is 3. The number of sulfonamides is 1. The lowest BCUT2D eigenvalue weighted by molar-refractivity contribution is -0.118. The lowest BCUT2D eigenvalue weighted by Gasteiger charge is -2.13. The number of ether oxygens (including phenoxy) is 1. The Labute approximate surface area is 124 Å². The Balaban J connectivity index is 2.60. The van der Waals surface area contributed by atoms with E-state index in [4.69, 9.17) is 10.5 Å². The van der Waals surface area contributed by atoms with E-state index in [1.165, 1.54) is 7.11 Å². The van der Waals surface area contributed by atoms with Crippen molar-refractivity contribution < 1.29 is 17.9 Å². The second-order valence-electron chi connectivity index (χ2n) is 4.43. The molecule has 1 aromatic rings. The number of hydrogen-bond acceptors (Lipinski definition) is 5. The van der Waals surface area contributed by atoms with Crippen LogP contribution in [0, 0.1) is 0 Å². The van der Waals surface area contributed by atoms with E-state index < -0.39 is 10.0 Å². The van der Waals surface area contributed by atoms with Gasteiger partial charge in [0.1, 0.15) is 0 Å². The first-order valence-electron chi connectivity index (χ1n) is 6.53. The number of rotatable bonds is 8. The summed E-state index contributed by atoms with van der Waals surface area (Å²) in [7, 11) is -1.80. The summed E-state index contributed by atoms with van der Waals surface area (Å²) in [5.74, 6) is -0.211. The van der Waals surface area contributed by atoms with E-state index in [1.807, 2.05) is 0 Å². The van der Waals surface area contributed by atoms with E-state index in [0.717, 1.165) is 0 Å². The molecule has 0 spiro atoms. The van der Waals surface area contributed by atoms with Gasteiger partial charge in [0.15, 0.2) is 0 Å². The second-order valence-corrected chi connectivity index (χ2v) is 6.44. The molecule has 1 aromatic carbocycles. The summed E-state index contributed by atoms with van der Waals surface area (Å²) in [5.41, 5.74) is 6.47. The lowest BCUT2D eigenvalue weighted by atomic mass is 10.2. The third-order valence-electron chi connectivity index (χ3n) is 2.83. The largest absolute Gasteiger partial charge is 0.380 e. The third kappa shape index (κ3) is 6.11. The zero-order chi connectivity index (χ0) is 15.9. The van der Waals surface area contributed by atoms with Crippen LogP contribution in [0.15, 0.2) is 24.3 Å². The van der Waals surface area contributed by atoms with Crippen molar-refractivity contribution in [3.8, 4) is 0 Å². The molecule has 0 radical (unpaired) electrons. The van der Waals surface area contributed by atoms with Crippen molar-refractivity contribution in [2.45, 2.75) is 19.4 Å². The minimum Gasteiger partial charge on any atom is -0.380 e. The van der Waals surface area contributed by atoms with Gasteiger partial charge in [-0.25, -0.2) is 8.42 Å². The number of carbonyl (C=O) groups excluding carboxylic acids is 1. The summed E-state index contributed by atoms with van der Waals surface area (Å²) >= 11 is 0. The van der Waals surface area contributed by atoms with Crippen LogP contribution in [0.25, 0.3) is 0 Å². The van der Waals surface area contributed by atoms with Crippen LogP contribution >= 0.6 is 0 Å². The van der Waals surface area contributed by atoms with Gasteiger partial charge in [0.2, 0.25) is 15.9 Å². The Morgan fingerprint density at radius 1 is 1.29 bits per heavy atom. The molecule has 21 heavy (non-hydrogen) atoms. The number of nitrogens with two attached hydrogens (primary N) is 1. The Hall–Kier alpha value is -1.64. The minimum atomic E-state index is -3.30. The van der Waals surface area contributed by atoms with Crippen molar-refractivity contribution in [2.75, 3.05) is 29.4 Å². The van der Waals surface area contributed by atoms with E-state index in [9.17, 15) is 13.2 Å². The molecule has 4 N–H and O–H groups in total. The number of anilines is 2. The summed E-state index contributed by atoms with van der Waals surface area (Å²) in [6, 6.07) is 6.41. The van der Waals surface area contributed by atoms with Crippen LogP contribution in [0.1, 0.15) is 13.3 Å². The fraction of sp³-hybridized carbons (Fsp3) is 0.462. The molecule has 1 unspecified atom stereocenters. The number of amides is 1. The van der Waals surface area contributed by atoms with Crippen LogP contribution in [0.5, 0.6) is 0 Å². The smallest absolute Gasteiger partial charge is 0.232 e. The molecule has 0 bridgehead atoms. The van der Waals surface area contributed by atoms with Crippen LogP contribution in [0.2, 0.25) is 0 Å². The standard InChI is InChI=1S/C13H21N3O4S/c1-3-21(18,19)16-11-6-4-10(5-7-11)15-13(17)8-12(9-14)20-2/h4-7,12,16H,3,8-9,14H2,1-2H3,(H,15,17). The number of benzene rings is 1. The Bertz CT molecular complexity index is 553. The van der Waals surface area contributed by atoms with E-state index in [1.54, 1.807) is 31.2 Å². The minimum absolute atomic E-state index is 0.00296. The van der Waals surface area contributed by atoms with Crippen LogP contribution in [0.4, 0.5) is 11.4 Å². The molecular formula is C13H21N3O4S. The van der Waals surface area contributed by atoms with Gasteiger partial charge in [-0.15, -0.1) is 0 Å². The van der Waals surface area contributed by atoms with E-state index in [-0.39, 0.29) is 30.7 Å². The molecule has 1 atom stereocenters. The predicted molar refractivity (Wildman–Crippen MR) is 82.6 cm³/mol. The average Bonchev–Trinajstić information content (AvgIpc) is 2.46. The van der Waals surface area contributed by atoms with Crippen molar-refractivity contribution in [3.63, 3.8) is 0 Å². The maximum atomic E-state index is 11.7. The molecule has 0 aliphatic rings. The number of nitrogens with one attached hydrogen (secondary N) is 2. The van der Waals surface area contributed by atoms with E-state index >= 15 is 0 Å². The molecule has 0 aliphatic heterocycles.